The first-order chi connectivity index (χ1) is 7.67. The van der Waals surface area contributed by atoms with Crippen LogP contribution in [0.2, 0.25) is 0 Å². The maximum absolute atomic E-state index is 12.1. The predicted octanol–water partition coefficient (Wildman–Crippen LogP) is 0.385. The Hall–Kier alpha value is -0.460. The molecule has 1 aliphatic heterocycles. The number of ketones is 1. The Morgan fingerprint density at radius 2 is 1.82 bits per heavy atom. The number of carbonyl (C=O) groups is 1. The molecule has 2 atom stereocenters. The molecule has 0 amide bonds. The maximum Gasteiger partial charge on any atom is 0.217 e. The van der Waals surface area contributed by atoms with Crippen LogP contribution in [0, 0.1) is 5.92 Å². The molecule has 0 aliphatic carbocycles. The van der Waals surface area contributed by atoms with E-state index in [0.29, 0.717) is 0 Å². The number of sulfonamides is 1. The number of β-amino-alcohol motifs (C(OH)–C–C–N with tert-alkyl or cyclic N) is 1. The van der Waals surface area contributed by atoms with Crippen molar-refractivity contribution in [1.82, 2.24) is 4.31 Å². The zero-order valence-electron chi connectivity index (χ0n) is 10.8. The van der Waals surface area contributed by atoms with Gasteiger partial charge in [0.1, 0.15) is 0 Å². The summed E-state index contributed by atoms with van der Waals surface area (Å²) in [6, 6.07) is -0.697. The Morgan fingerprint density at radius 3 is 2.24 bits per heavy atom. The molecular formula is C11H21NO4S. The van der Waals surface area contributed by atoms with E-state index in [-0.39, 0.29) is 24.7 Å². The molecule has 0 aromatic heterocycles. The van der Waals surface area contributed by atoms with Crippen molar-refractivity contribution in [3.63, 3.8) is 0 Å². The second-order valence-electron chi connectivity index (χ2n) is 5.13. The van der Waals surface area contributed by atoms with Gasteiger partial charge >= 0.3 is 0 Å². The fourth-order valence-corrected chi connectivity index (χ4v) is 3.45. The summed E-state index contributed by atoms with van der Waals surface area (Å²) in [7, 11) is -3.48. The summed E-state index contributed by atoms with van der Waals surface area (Å²) in [5.41, 5.74) is 0. The quantitative estimate of drug-likeness (QED) is 0.796. The first-order valence-corrected chi connectivity index (χ1v) is 7.40. The van der Waals surface area contributed by atoms with E-state index < -0.39 is 27.4 Å². The van der Waals surface area contributed by atoms with E-state index in [1.807, 2.05) is 0 Å². The van der Waals surface area contributed by atoms with Crippen molar-refractivity contribution >= 4 is 15.8 Å². The molecule has 100 valence electrons. The Bertz CT molecular complexity index is 388. The number of rotatable bonds is 4. The fourth-order valence-electron chi connectivity index (χ4n) is 1.98. The predicted molar refractivity (Wildman–Crippen MR) is 65.0 cm³/mol. The number of Topliss-reactive ketones (excluding diaryl/α,β-unsaturated/α-hetero) is 1. The zero-order chi connectivity index (χ0) is 13.4. The van der Waals surface area contributed by atoms with Crippen LogP contribution < -0.4 is 0 Å². The van der Waals surface area contributed by atoms with Crippen LogP contribution in [-0.2, 0) is 14.8 Å². The minimum absolute atomic E-state index is 0.0314. The Kier molecular flexibility index (Phi) is 4.33. The van der Waals surface area contributed by atoms with Crippen LogP contribution in [0.3, 0.4) is 0 Å². The van der Waals surface area contributed by atoms with Gasteiger partial charge in [0.25, 0.3) is 0 Å². The van der Waals surface area contributed by atoms with Gasteiger partial charge in [-0.1, -0.05) is 13.8 Å². The van der Waals surface area contributed by atoms with Crippen LogP contribution in [0.15, 0.2) is 0 Å². The van der Waals surface area contributed by atoms with E-state index in [1.54, 1.807) is 27.7 Å². The molecule has 1 heterocycles. The highest BCUT2D eigenvalue weighted by atomic mass is 32.2. The van der Waals surface area contributed by atoms with Crippen molar-refractivity contribution in [3.8, 4) is 0 Å². The van der Waals surface area contributed by atoms with Gasteiger partial charge in [0.15, 0.2) is 5.78 Å². The van der Waals surface area contributed by atoms with E-state index in [1.165, 1.54) is 4.31 Å². The largest absolute Gasteiger partial charge is 0.392 e. The zero-order valence-corrected chi connectivity index (χ0v) is 11.6. The summed E-state index contributed by atoms with van der Waals surface area (Å²) in [6.45, 7) is 6.68. The van der Waals surface area contributed by atoms with Gasteiger partial charge in [-0.3, -0.25) is 4.79 Å². The van der Waals surface area contributed by atoms with Gasteiger partial charge in [-0.25, -0.2) is 8.42 Å². The molecule has 17 heavy (non-hydrogen) atoms. The lowest BCUT2D eigenvalue weighted by atomic mass is 10.0. The number of aliphatic hydroxyl groups excluding tert-OH is 1. The summed E-state index contributed by atoms with van der Waals surface area (Å²) in [6.07, 6.45) is -0.528. The SMILES string of the molecule is CC(C)C(=O)C1CC(O)CN1S(=O)(=O)C(C)C. The van der Waals surface area contributed by atoms with Crippen LogP contribution in [0.5, 0.6) is 0 Å². The Morgan fingerprint density at radius 1 is 1.29 bits per heavy atom. The number of hydrogen-bond acceptors (Lipinski definition) is 4. The van der Waals surface area contributed by atoms with E-state index in [2.05, 4.69) is 0 Å². The van der Waals surface area contributed by atoms with Crippen LogP contribution in [-0.4, -0.2) is 47.6 Å². The molecule has 0 aromatic carbocycles. The molecule has 1 saturated heterocycles. The Labute approximate surface area is 103 Å². The molecule has 1 rings (SSSR count). The lowest BCUT2D eigenvalue weighted by molar-refractivity contribution is -0.125. The van der Waals surface area contributed by atoms with Crippen molar-refractivity contribution < 1.29 is 18.3 Å². The highest BCUT2D eigenvalue weighted by Gasteiger charge is 2.43. The highest BCUT2D eigenvalue weighted by molar-refractivity contribution is 7.89. The third-order valence-corrected chi connectivity index (χ3v) is 5.30. The minimum atomic E-state index is -3.48. The molecule has 2 unspecified atom stereocenters. The third kappa shape index (κ3) is 2.86. The summed E-state index contributed by atoms with van der Waals surface area (Å²) >= 11 is 0. The second kappa shape index (κ2) is 5.04. The summed E-state index contributed by atoms with van der Waals surface area (Å²) in [5, 5.41) is 9.01. The smallest absolute Gasteiger partial charge is 0.217 e. The molecule has 0 spiro atoms. The molecule has 6 heteroatoms. The highest BCUT2D eigenvalue weighted by Crippen LogP contribution is 2.26. The van der Waals surface area contributed by atoms with E-state index >= 15 is 0 Å². The normalized spacial score (nSPS) is 27.0. The van der Waals surface area contributed by atoms with Crippen molar-refractivity contribution in [2.75, 3.05) is 6.54 Å². The van der Waals surface area contributed by atoms with Crippen molar-refractivity contribution in [1.29, 1.82) is 0 Å². The summed E-state index contributed by atoms with van der Waals surface area (Å²) in [4.78, 5) is 12.0. The van der Waals surface area contributed by atoms with Gasteiger partial charge in [0.05, 0.1) is 17.4 Å². The molecular weight excluding hydrogens is 242 g/mol. The molecule has 0 aromatic rings. The fraction of sp³-hybridized carbons (Fsp3) is 0.909. The van der Waals surface area contributed by atoms with Gasteiger partial charge < -0.3 is 5.11 Å². The third-order valence-electron chi connectivity index (χ3n) is 3.05. The van der Waals surface area contributed by atoms with Gasteiger partial charge in [0, 0.05) is 12.5 Å². The average molecular weight is 263 g/mol. The molecule has 1 fully saturated rings. The van der Waals surface area contributed by atoms with Gasteiger partial charge in [-0.2, -0.15) is 4.31 Å². The summed E-state index contributed by atoms with van der Waals surface area (Å²) in [5.74, 6) is -0.346. The van der Waals surface area contributed by atoms with Crippen LogP contribution in [0.1, 0.15) is 34.1 Å². The van der Waals surface area contributed by atoms with E-state index in [9.17, 15) is 18.3 Å². The number of carbonyl (C=O) groups excluding carboxylic acids is 1. The first-order valence-electron chi connectivity index (χ1n) is 5.90. The molecule has 0 radical (unpaired) electrons. The van der Waals surface area contributed by atoms with Crippen molar-refractivity contribution in [2.24, 2.45) is 5.92 Å². The van der Waals surface area contributed by atoms with Crippen LogP contribution in [0.25, 0.3) is 0 Å². The van der Waals surface area contributed by atoms with Crippen molar-refractivity contribution in [3.05, 3.63) is 0 Å². The first kappa shape index (κ1) is 14.6. The Balaban J connectivity index is 3.02. The molecule has 1 N–H and O–H groups in total. The molecule has 0 saturated carbocycles. The maximum atomic E-state index is 12.1. The van der Waals surface area contributed by atoms with Crippen LogP contribution in [0.4, 0.5) is 0 Å². The number of hydrogen-bond donors (Lipinski definition) is 1. The molecule has 5 nitrogen and oxygen atoms in total. The van der Waals surface area contributed by atoms with Gasteiger partial charge in [0.2, 0.25) is 10.0 Å². The topological polar surface area (TPSA) is 74.7 Å². The van der Waals surface area contributed by atoms with Gasteiger partial charge in [-0.05, 0) is 20.3 Å². The average Bonchev–Trinajstić information content (AvgIpc) is 2.59. The van der Waals surface area contributed by atoms with Gasteiger partial charge in [-0.15, -0.1) is 0 Å². The molecule has 1 aliphatic rings. The second-order valence-corrected chi connectivity index (χ2v) is 7.57. The monoisotopic (exact) mass is 263 g/mol. The minimum Gasteiger partial charge on any atom is -0.392 e. The number of nitrogens with zero attached hydrogens (tertiary/aromatic N) is 1. The lowest BCUT2D eigenvalue weighted by Crippen LogP contribution is -2.45. The lowest BCUT2D eigenvalue weighted by Gasteiger charge is -2.25. The molecule has 0 bridgehead atoms. The summed E-state index contributed by atoms with van der Waals surface area (Å²) < 4.78 is 25.3. The van der Waals surface area contributed by atoms with Crippen molar-refractivity contribution in [2.45, 2.75) is 51.5 Å². The van der Waals surface area contributed by atoms with Crippen LogP contribution >= 0.6 is 0 Å². The van der Waals surface area contributed by atoms with E-state index in [4.69, 9.17) is 0 Å². The standard InChI is InChI=1S/C11H21NO4S/c1-7(2)11(14)10-5-9(13)6-12(10)17(15,16)8(3)4/h7-10,13H,5-6H2,1-4H3. The van der Waals surface area contributed by atoms with E-state index in [0.717, 1.165) is 0 Å². The number of aliphatic hydroxyl groups is 1.